The number of aliphatic carboxylic acids is 1. The molecule has 0 heterocycles. The Bertz CT molecular complexity index is 526. The molecule has 4 nitrogen and oxygen atoms in total. The second-order valence-corrected chi connectivity index (χ2v) is 6.21. The number of rotatable bonds is 7. The van der Waals surface area contributed by atoms with Gasteiger partial charge in [-0.25, -0.2) is 0 Å². The minimum atomic E-state index is -0.875. The van der Waals surface area contributed by atoms with Crippen molar-refractivity contribution in [2.75, 3.05) is 6.54 Å². The molecule has 0 aromatic heterocycles. The molecule has 21 heavy (non-hydrogen) atoms. The molecule has 0 saturated heterocycles. The molecule has 0 spiro atoms. The van der Waals surface area contributed by atoms with E-state index in [0.717, 1.165) is 10.0 Å². The second-order valence-electron chi connectivity index (χ2n) is 5.30. The normalized spacial score (nSPS) is 12.6. The smallest absolute Gasteiger partial charge is 0.308 e. The van der Waals surface area contributed by atoms with Gasteiger partial charge in [-0.3, -0.25) is 9.59 Å². The number of carbonyl (C=O) groups is 2. The molecule has 1 atom stereocenters. The quantitative estimate of drug-likeness (QED) is 0.738. The Hall–Kier alpha value is -1.62. The molecule has 0 radical (unpaired) electrons. The molecule has 0 fully saturated rings. The van der Waals surface area contributed by atoms with Crippen LogP contribution in [0.5, 0.6) is 0 Å². The third-order valence-corrected chi connectivity index (χ3v) is 3.40. The van der Waals surface area contributed by atoms with Gasteiger partial charge in [0.25, 0.3) is 0 Å². The summed E-state index contributed by atoms with van der Waals surface area (Å²) in [6, 6.07) is 7.56. The van der Waals surface area contributed by atoms with Crippen molar-refractivity contribution in [3.63, 3.8) is 0 Å². The minimum absolute atomic E-state index is 0.148. The Morgan fingerprint density at radius 1 is 1.38 bits per heavy atom. The molecule has 1 unspecified atom stereocenters. The van der Waals surface area contributed by atoms with Crippen molar-refractivity contribution in [2.24, 2.45) is 11.8 Å². The fourth-order valence-corrected chi connectivity index (χ4v) is 2.32. The van der Waals surface area contributed by atoms with Gasteiger partial charge in [0.15, 0.2) is 0 Å². The number of benzene rings is 1. The van der Waals surface area contributed by atoms with E-state index in [9.17, 15) is 9.59 Å². The molecule has 1 aromatic rings. The summed E-state index contributed by atoms with van der Waals surface area (Å²) in [6.07, 6.45) is 3.65. The highest BCUT2D eigenvalue weighted by atomic mass is 79.9. The van der Waals surface area contributed by atoms with Crippen molar-refractivity contribution < 1.29 is 14.7 Å². The zero-order chi connectivity index (χ0) is 15.8. The Balaban J connectivity index is 2.51. The Morgan fingerprint density at radius 2 is 2.10 bits per heavy atom. The topological polar surface area (TPSA) is 66.4 Å². The summed E-state index contributed by atoms with van der Waals surface area (Å²) in [5.74, 6) is -1.43. The van der Waals surface area contributed by atoms with Crippen molar-refractivity contribution in [1.29, 1.82) is 0 Å². The third kappa shape index (κ3) is 7.09. The number of hydrogen-bond donors (Lipinski definition) is 2. The molecule has 1 aromatic carbocycles. The van der Waals surface area contributed by atoms with Crippen LogP contribution in [0, 0.1) is 11.8 Å². The standard InChI is InChI=1S/C16H20BrNO3/c1-11(2)8-13(16(20)21)10-18-15(19)7-6-12-4-3-5-14(17)9-12/h3-7,9,11,13H,8,10H2,1-2H3,(H,18,19)(H,20,21)/b7-6+. The van der Waals surface area contributed by atoms with Gasteiger partial charge in [0.2, 0.25) is 5.91 Å². The van der Waals surface area contributed by atoms with E-state index < -0.39 is 11.9 Å². The Morgan fingerprint density at radius 3 is 2.67 bits per heavy atom. The highest BCUT2D eigenvalue weighted by Crippen LogP contribution is 2.13. The minimum Gasteiger partial charge on any atom is -0.481 e. The molecular formula is C16H20BrNO3. The molecule has 2 N–H and O–H groups in total. The van der Waals surface area contributed by atoms with Crippen LogP contribution in [0.1, 0.15) is 25.8 Å². The van der Waals surface area contributed by atoms with E-state index in [2.05, 4.69) is 21.2 Å². The number of carboxylic acid groups (broad SMARTS) is 1. The van der Waals surface area contributed by atoms with Gasteiger partial charge in [-0.15, -0.1) is 0 Å². The molecule has 1 rings (SSSR count). The zero-order valence-electron chi connectivity index (χ0n) is 12.2. The first-order valence-corrected chi connectivity index (χ1v) is 7.62. The van der Waals surface area contributed by atoms with Crippen LogP contribution < -0.4 is 5.32 Å². The number of halogens is 1. The zero-order valence-corrected chi connectivity index (χ0v) is 13.8. The van der Waals surface area contributed by atoms with Gasteiger partial charge >= 0.3 is 5.97 Å². The number of carboxylic acids is 1. The van der Waals surface area contributed by atoms with E-state index >= 15 is 0 Å². The monoisotopic (exact) mass is 353 g/mol. The van der Waals surface area contributed by atoms with Crippen molar-refractivity contribution in [3.05, 3.63) is 40.4 Å². The van der Waals surface area contributed by atoms with Crippen LogP contribution in [0.4, 0.5) is 0 Å². The maximum Gasteiger partial charge on any atom is 0.308 e. The highest BCUT2D eigenvalue weighted by molar-refractivity contribution is 9.10. The molecule has 0 aliphatic heterocycles. The van der Waals surface area contributed by atoms with Gasteiger partial charge in [0.1, 0.15) is 0 Å². The molecule has 1 amide bonds. The maximum atomic E-state index is 11.7. The van der Waals surface area contributed by atoms with Crippen molar-refractivity contribution in [2.45, 2.75) is 20.3 Å². The second kappa shape index (κ2) is 8.62. The fraction of sp³-hybridized carbons (Fsp3) is 0.375. The maximum absolute atomic E-state index is 11.7. The first-order chi connectivity index (χ1) is 9.88. The summed E-state index contributed by atoms with van der Waals surface area (Å²) < 4.78 is 0.938. The van der Waals surface area contributed by atoms with Crippen LogP contribution in [0.3, 0.4) is 0 Å². The first-order valence-electron chi connectivity index (χ1n) is 6.82. The summed E-state index contributed by atoms with van der Waals surface area (Å²) in [5, 5.41) is 11.7. The molecule has 0 aliphatic rings. The Labute approximate surface area is 133 Å². The van der Waals surface area contributed by atoms with Crippen molar-refractivity contribution in [1.82, 2.24) is 5.32 Å². The average Bonchev–Trinajstić information content (AvgIpc) is 2.40. The number of hydrogen-bond acceptors (Lipinski definition) is 2. The summed E-state index contributed by atoms with van der Waals surface area (Å²) in [4.78, 5) is 22.8. The number of carbonyl (C=O) groups excluding carboxylic acids is 1. The summed E-state index contributed by atoms with van der Waals surface area (Å²) in [6.45, 7) is 4.07. The first kappa shape index (κ1) is 17.4. The predicted octanol–water partition coefficient (Wildman–Crippen LogP) is 3.33. The van der Waals surface area contributed by atoms with E-state index in [1.54, 1.807) is 6.08 Å². The van der Waals surface area contributed by atoms with Crippen LogP contribution in [-0.4, -0.2) is 23.5 Å². The van der Waals surface area contributed by atoms with Crippen molar-refractivity contribution in [3.8, 4) is 0 Å². The lowest BCUT2D eigenvalue weighted by molar-refractivity contribution is -0.142. The van der Waals surface area contributed by atoms with Gasteiger partial charge in [-0.05, 0) is 36.1 Å². The van der Waals surface area contributed by atoms with E-state index in [4.69, 9.17) is 5.11 Å². The lowest BCUT2D eigenvalue weighted by atomic mass is 9.97. The molecule has 0 saturated carbocycles. The van der Waals surface area contributed by atoms with Gasteiger partial charge in [0, 0.05) is 17.1 Å². The molecule has 114 valence electrons. The van der Waals surface area contributed by atoms with Crippen LogP contribution >= 0.6 is 15.9 Å². The summed E-state index contributed by atoms with van der Waals surface area (Å²) in [7, 11) is 0. The van der Waals surface area contributed by atoms with E-state index in [1.165, 1.54) is 6.08 Å². The van der Waals surface area contributed by atoms with E-state index in [1.807, 2.05) is 38.1 Å². The highest BCUT2D eigenvalue weighted by Gasteiger charge is 2.19. The molecule has 5 heteroatoms. The van der Waals surface area contributed by atoms with Crippen molar-refractivity contribution >= 4 is 33.9 Å². The lowest BCUT2D eigenvalue weighted by Crippen LogP contribution is -2.32. The van der Waals surface area contributed by atoms with Gasteiger partial charge in [-0.1, -0.05) is 41.9 Å². The summed E-state index contributed by atoms with van der Waals surface area (Å²) in [5.41, 5.74) is 0.900. The number of amides is 1. The fourth-order valence-electron chi connectivity index (χ4n) is 1.91. The van der Waals surface area contributed by atoms with Gasteiger partial charge < -0.3 is 10.4 Å². The molecular weight excluding hydrogens is 334 g/mol. The van der Waals surface area contributed by atoms with Crippen LogP contribution in [0.25, 0.3) is 6.08 Å². The Kier molecular flexibility index (Phi) is 7.15. The van der Waals surface area contributed by atoms with Crippen LogP contribution in [0.2, 0.25) is 0 Å². The van der Waals surface area contributed by atoms with Crippen LogP contribution in [-0.2, 0) is 9.59 Å². The SMILES string of the molecule is CC(C)CC(CNC(=O)/C=C/c1cccc(Br)c1)C(=O)O. The lowest BCUT2D eigenvalue weighted by Gasteiger charge is -2.14. The van der Waals surface area contributed by atoms with Gasteiger partial charge in [-0.2, -0.15) is 0 Å². The average molecular weight is 354 g/mol. The molecule has 0 aliphatic carbocycles. The predicted molar refractivity (Wildman–Crippen MR) is 86.8 cm³/mol. The number of nitrogens with one attached hydrogen (secondary N) is 1. The summed E-state index contributed by atoms with van der Waals surface area (Å²) >= 11 is 3.36. The largest absolute Gasteiger partial charge is 0.481 e. The van der Waals surface area contributed by atoms with E-state index in [-0.39, 0.29) is 18.4 Å². The third-order valence-electron chi connectivity index (χ3n) is 2.90. The van der Waals surface area contributed by atoms with Crippen LogP contribution in [0.15, 0.2) is 34.8 Å². The molecule has 0 bridgehead atoms. The van der Waals surface area contributed by atoms with E-state index in [0.29, 0.717) is 6.42 Å². The van der Waals surface area contributed by atoms with Gasteiger partial charge in [0.05, 0.1) is 5.92 Å².